The highest BCUT2D eigenvalue weighted by Gasteiger charge is 2.15. The van der Waals surface area contributed by atoms with E-state index in [2.05, 4.69) is 14.9 Å². The van der Waals surface area contributed by atoms with E-state index in [0.29, 0.717) is 25.4 Å². The molecule has 2 N–H and O–H groups in total. The molecule has 0 unspecified atom stereocenters. The van der Waals surface area contributed by atoms with E-state index in [1.54, 1.807) is 12.1 Å². The van der Waals surface area contributed by atoms with Crippen LogP contribution in [-0.2, 0) is 4.74 Å². The number of rotatable bonds is 5. The van der Waals surface area contributed by atoms with Crippen molar-refractivity contribution in [1.82, 2.24) is 14.5 Å². The molecule has 0 atom stereocenters. The SMILES string of the molecule is Cc1ccc(-n2c(O)c(C=NCCN3CCOCC3)c(=O)[nH]c2=O)cc1C. The van der Waals surface area contributed by atoms with Crippen LogP contribution in [0.15, 0.2) is 32.8 Å². The van der Waals surface area contributed by atoms with Crippen LogP contribution in [0.5, 0.6) is 5.88 Å². The molecule has 1 aromatic carbocycles. The van der Waals surface area contributed by atoms with Gasteiger partial charge in [0, 0.05) is 25.8 Å². The van der Waals surface area contributed by atoms with Crippen LogP contribution in [0.1, 0.15) is 16.7 Å². The van der Waals surface area contributed by atoms with E-state index < -0.39 is 17.1 Å². The Kier molecular flexibility index (Phi) is 5.88. The van der Waals surface area contributed by atoms with Crippen molar-refractivity contribution in [2.24, 2.45) is 4.99 Å². The van der Waals surface area contributed by atoms with Crippen molar-refractivity contribution in [2.45, 2.75) is 13.8 Å². The number of aromatic nitrogens is 2. The maximum Gasteiger partial charge on any atom is 0.335 e. The molecule has 0 bridgehead atoms. The quantitative estimate of drug-likeness (QED) is 0.749. The Morgan fingerprint density at radius 1 is 1.22 bits per heavy atom. The monoisotopic (exact) mass is 372 g/mol. The van der Waals surface area contributed by atoms with Crippen LogP contribution in [-0.4, -0.2) is 65.2 Å². The molecule has 3 rings (SSSR count). The number of H-pyrrole nitrogens is 1. The van der Waals surface area contributed by atoms with Gasteiger partial charge in [-0.15, -0.1) is 0 Å². The highest BCUT2D eigenvalue weighted by atomic mass is 16.5. The summed E-state index contributed by atoms with van der Waals surface area (Å²) in [4.78, 5) is 33.1. The van der Waals surface area contributed by atoms with Gasteiger partial charge in [-0.05, 0) is 37.1 Å². The fraction of sp³-hybridized carbons (Fsp3) is 0.421. The van der Waals surface area contributed by atoms with Gasteiger partial charge in [-0.25, -0.2) is 9.36 Å². The molecule has 0 aliphatic carbocycles. The second-order valence-electron chi connectivity index (χ2n) is 6.59. The van der Waals surface area contributed by atoms with Crippen molar-refractivity contribution in [3.63, 3.8) is 0 Å². The Hall–Kier alpha value is -2.71. The number of aromatic amines is 1. The zero-order valence-electron chi connectivity index (χ0n) is 15.6. The van der Waals surface area contributed by atoms with Crippen molar-refractivity contribution in [3.05, 3.63) is 55.7 Å². The Morgan fingerprint density at radius 3 is 2.67 bits per heavy atom. The zero-order chi connectivity index (χ0) is 19.4. The zero-order valence-corrected chi connectivity index (χ0v) is 15.6. The van der Waals surface area contributed by atoms with Crippen LogP contribution in [0, 0.1) is 13.8 Å². The molecule has 8 nitrogen and oxygen atoms in total. The summed E-state index contributed by atoms with van der Waals surface area (Å²) >= 11 is 0. The van der Waals surface area contributed by atoms with E-state index >= 15 is 0 Å². The van der Waals surface area contributed by atoms with E-state index in [9.17, 15) is 14.7 Å². The lowest BCUT2D eigenvalue weighted by atomic mass is 10.1. The molecule has 1 saturated heterocycles. The molecule has 1 aliphatic rings. The Bertz CT molecular complexity index is 955. The molecular weight excluding hydrogens is 348 g/mol. The summed E-state index contributed by atoms with van der Waals surface area (Å²) in [6.07, 6.45) is 1.33. The second-order valence-corrected chi connectivity index (χ2v) is 6.59. The lowest BCUT2D eigenvalue weighted by Gasteiger charge is -2.25. The van der Waals surface area contributed by atoms with Crippen molar-refractivity contribution in [2.75, 3.05) is 39.4 Å². The van der Waals surface area contributed by atoms with Gasteiger partial charge in [0.05, 0.1) is 25.4 Å². The largest absolute Gasteiger partial charge is 0.493 e. The lowest BCUT2D eigenvalue weighted by Crippen LogP contribution is -2.37. The number of benzene rings is 1. The minimum atomic E-state index is -0.689. The van der Waals surface area contributed by atoms with Gasteiger partial charge in [-0.2, -0.15) is 0 Å². The molecule has 1 fully saturated rings. The molecule has 0 amide bonds. The highest BCUT2D eigenvalue weighted by molar-refractivity contribution is 5.82. The molecule has 0 spiro atoms. The van der Waals surface area contributed by atoms with Gasteiger partial charge < -0.3 is 9.84 Å². The number of hydrogen-bond donors (Lipinski definition) is 2. The predicted octanol–water partition coefficient (Wildman–Crippen LogP) is 0.599. The number of aliphatic imine (C=N–C) groups is 1. The molecular formula is C19H24N4O4. The van der Waals surface area contributed by atoms with Crippen LogP contribution in [0.4, 0.5) is 0 Å². The third-order valence-corrected chi connectivity index (χ3v) is 4.74. The highest BCUT2D eigenvalue weighted by Crippen LogP contribution is 2.18. The van der Waals surface area contributed by atoms with Gasteiger partial charge in [0.1, 0.15) is 5.56 Å². The summed E-state index contributed by atoms with van der Waals surface area (Å²) in [5.74, 6) is -0.415. The van der Waals surface area contributed by atoms with Gasteiger partial charge in [0.2, 0.25) is 5.88 Å². The third-order valence-electron chi connectivity index (χ3n) is 4.74. The average molecular weight is 372 g/mol. The van der Waals surface area contributed by atoms with Crippen molar-refractivity contribution < 1.29 is 9.84 Å². The fourth-order valence-corrected chi connectivity index (χ4v) is 2.94. The smallest absolute Gasteiger partial charge is 0.335 e. The van der Waals surface area contributed by atoms with Gasteiger partial charge in [-0.3, -0.25) is 19.7 Å². The Labute approximate surface area is 156 Å². The van der Waals surface area contributed by atoms with Gasteiger partial charge in [0.25, 0.3) is 5.56 Å². The van der Waals surface area contributed by atoms with E-state index in [1.807, 2.05) is 19.9 Å². The molecule has 0 saturated carbocycles. The summed E-state index contributed by atoms with van der Waals surface area (Å²) in [6.45, 7) is 8.26. The predicted molar refractivity (Wildman–Crippen MR) is 104 cm³/mol. The minimum Gasteiger partial charge on any atom is -0.493 e. The minimum absolute atomic E-state index is 0.0326. The number of hydrogen-bond acceptors (Lipinski definition) is 6. The molecule has 0 radical (unpaired) electrons. The number of aryl methyl sites for hydroxylation is 2. The number of nitrogens with one attached hydrogen (secondary N) is 1. The van der Waals surface area contributed by atoms with Crippen molar-refractivity contribution in [3.8, 4) is 11.6 Å². The lowest BCUT2D eigenvalue weighted by molar-refractivity contribution is 0.0395. The number of morpholine rings is 1. The summed E-state index contributed by atoms with van der Waals surface area (Å²) < 4.78 is 6.38. The fourth-order valence-electron chi connectivity index (χ4n) is 2.94. The third kappa shape index (κ3) is 4.35. The summed E-state index contributed by atoms with van der Waals surface area (Å²) in [5.41, 5.74) is 1.15. The standard InChI is InChI=1S/C19H24N4O4/c1-13-3-4-15(11-14(13)2)23-18(25)16(17(24)21-19(23)26)12-20-5-6-22-7-9-27-10-8-22/h3-4,11-12,25H,5-10H2,1-2H3,(H,21,24,26). The van der Waals surface area contributed by atoms with Gasteiger partial charge in [-0.1, -0.05) is 6.07 Å². The molecule has 1 aromatic heterocycles. The first kappa shape index (κ1) is 19.1. The number of aromatic hydroxyl groups is 1. The normalized spacial score (nSPS) is 15.5. The first-order valence-electron chi connectivity index (χ1n) is 8.93. The van der Waals surface area contributed by atoms with Crippen molar-refractivity contribution >= 4 is 6.21 Å². The average Bonchev–Trinajstić information content (AvgIpc) is 2.64. The summed E-state index contributed by atoms with van der Waals surface area (Å²) in [5, 5.41) is 10.5. The van der Waals surface area contributed by atoms with Gasteiger partial charge in [0.15, 0.2) is 0 Å². The molecule has 2 heterocycles. The van der Waals surface area contributed by atoms with E-state index in [0.717, 1.165) is 35.3 Å². The van der Waals surface area contributed by atoms with Crippen LogP contribution in [0.2, 0.25) is 0 Å². The van der Waals surface area contributed by atoms with Crippen LogP contribution in [0.25, 0.3) is 5.69 Å². The van der Waals surface area contributed by atoms with Crippen LogP contribution < -0.4 is 11.2 Å². The first-order valence-corrected chi connectivity index (χ1v) is 8.93. The Morgan fingerprint density at radius 2 is 1.96 bits per heavy atom. The number of nitrogens with zero attached hydrogens (tertiary/aromatic N) is 3. The van der Waals surface area contributed by atoms with E-state index in [4.69, 9.17) is 4.74 Å². The molecule has 2 aromatic rings. The Balaban J connectivity index is 1.85. The summed E-state index contributed by atoms with van der Waals surface area (Å²) in [6, 6.07) is 5.37. The molecule has 27 heavy (non-hydrogen) atoms. The van der Waals surface area contributed by atoms with E-state index in [-0.39, 0.29) is 5.56 Å². The van der Waals surface area contributed by atoms with Gasteiger partial charge >= 0.3 is 5.69 Å². The first-order chi connectivity index (χ1) is 13.0. The maximum absolute atomic E-state index is 12.2. The maximum atomic E-state index is 12.2. The second kappa shape index (κ2) is 8.32. The van der Waals surface area contributed by atoms with Crippen LogP contribution >= 0.6 is 0 Å². The molecule has 144 valence electrons. The van der Waals surface area contributed by atoms with E-state index in [1.165, 1.54) is 6.21 Å². The number of ether oxygens (including phenoxy) is 1. The van der Waals surface area contributed by atoms with Crippen molar-refractivity contribution in [1.29, 1.82) is 0 Å². The topological polar surface area (TPSA) is 99.9 Å². The molecule has 1 aliphatic heterocycles. The molecule has 8 heteroatoms. The summed E-state index contributed by atoms with van der Waals surface area (Å²) in [7, 11) is 0. The van der Waals surface area contributed by atoms with Crippen LogP contribution in [0.3, 0.4) is 0 Å².